The molecule has 2 atom stereocenters. The Bertz CT molecular complexity index is 423. The van der Waals surface area contributed by atoms with Gasteiger partial charge in [0, 0.05) is 31.8 Å². The molecular weight excluding hydrogens is 256 g/mol. The third-order valence-corrected chi connectivity index (χ3v) is 2.97. The number of ether oxygens (including phenoxy) is 1. The number of hydrogen-bond donors (Lipinski definition) is 3. The van der Waals surface area contributed by atoms with Gasteiger partial charge >= 0.3 is 0 Å². The molecule has 5 heteroatoms. The monoisotopic (exact) mass is 280 g/mol. The molecule has 1 aromatic rings. The summed E-state index contributed by atoms with van der Waals surface area (Å²) >= 11 is 0. The van der Waals surface area contributed by atoms with Crippen molar-refractivity contribution in [3.63, 3.8) is 0 Å². The summed E-state index contributed by atoms with van der Waals surface area (Å²) in [7, 11) is 1.54. The lowest BCUT2D eigenvalue weighted by molar-refractivity contribution is -0.116. The second-order valence-corrected chi connectivity index (χ2v) is 4.99. The van der Waals surface area contributed by atoms with Gasteiger partial charge in [0.1, 0.15) is 0 Å². The van der Waals surface area contributed by atoms with E-state index in [1.165, 1.54) is 0 Å². The van der Waals surface area contributed by atoms with Gasteiger partial charge in [0.25, 0.3) is 0 Å². The number of amides is 1. The number of rotatable bonds is 8. The van der Waals surface area contributed by atoms with Gasteiger partial charge in [0.05, 0.1) is 12.7 Å². The molecule has 2 unspecified atom stereocenters. The van der Waals surface area contributed by atoms with E-state index in [4.69, 9.17) is 4.74 Å². The van der Waals surface area contributed by atoms with E-state index in [9.17, 15) is 9.90 Å². The van der Waals surface area contributed by atoms with Gasteiger partial charge in [-0.3, -0.25) is 4.79 Å². The molecule has 1 amide bonds. The van der Waals surface area contributed by atoms with Crippen molar-refractivity contribution in [1.82, 2.24) is 5.32 Å². The van der Waals surface area contributed by atoms with E-state index in [1.807, 2.05) is 38.1 Å². The molecule has 0 heterocycles. The topological polar surface area (TPSA) is 70.6 Å². The highest BCUT2D eigenvalue weighted by molar-refractivity contribution is 5.91. The molecule has 1 rings (SSSR count). The van der Waals surface area contributed by atoms with Crippen LogP contribution in [0.5, 0.6) is 0 Å². The molecule has 1 aromatic carbocycles. The molecule has 0 aliphatic rings. The summed E-state index contributed by atoms with van der Waals surface area (Å²) in [6.45, 7) is 4.57. The molecule has 0 aliphatic heterocycles. The zero-order valence-electron chi connectivity index (χ0n) is 12.3. The number of carbonyl (C=O) groups is 1. The van der Waals surface area contributed by atoms with E-state index in [0.29, 0.717) is 13.0 Å². The first-order valence-corrected chi connectivity index (χ1v) is 6.78. The summed E-state index contributed by atoms with van der Waals surface area (Å²) in [5, 5.41) is 15.5. The van der Waals surface area contributed by atoms with Gasteiger partial charge in [0.15, 0.2) is 0 Å². The second kappa shape index (κ2) is 8.68. The van der Waals surface area contributed by atoms with Crippen LogP contribution in [0, 0.1) is 6.92 Å². The van der Waals surface area contributed by atoms with Gasteiger partial charge in [0.2, 0.25) is 5.91 Å². The highest BCUT2D eigenvalue weighted by atomic mass is 16.5. The van der Waals surface area contributed by atoms with Crippen LogP contribution in [0.4, 0.5) is 5.69 Å². The van der Waals surface area contributed by atoms with E-state index in [1.54, 1.807) is 7.11 Å². The normalized spacial score (nSPS) is 13.8. The van der Waals surface area contributed by atoms with Crippen molar-refractivity contribution in [2.24, 2.45) is 0 Å². The maximum Gasteiger partial charge on any atom is 0.225 e. The molecule has 5 nitrogen and oxygen atoms in total. The summed E-state index contributed by atoms with van der Waals surface area (Å²) in [6, 6.07) is 7.66. The van der Waals surface area contributed by atoms with E-state index >= 15 is 0 Å². The summed E-state index contributed by atoms with van der Waals surface area (Å²) in [5.74, 6) is -0.0412. The Morgan fingerprint density at radius 3 is 2.75 bits per heavy atom. The SMILES string of the molecule is COCC(O)CNC(C)CC(=O)Nc1ccccc1C. The Hall–Kier alpha value is -1.43. The highest BCUT2D eigenvalue weighted by Gasteiger charge is 2.11. The van der Waals surface area contributed by atoms with Gasteiger partial charge in [-0.25, -0.2) is 0 Å². The fourth-order valence-electron chi connectivity index (χ4n) is 1.85. The van der Waals surface area contributed by atoms with E-state index < -0.39 is 6.10 Å². The van der Waals surface area contributed by atoms with Crippen LogP contribution in [0.1, 0.15) is 18.9 Å². The average molecular weight is 280 g/mol. The van der Waals surface area contributed by atoms with Gasteiger partial charge in [-0.15, -0.1) is 0 Å². The maximum absolute atomic E-state index is 11.9. The third-order valence-electron chi connectivity index (χ3n) is 2.97. The molecule has 0 bridgehead atoms. The predicted molar refractivity (Wildman–Crippen MR) is 79.8 cm³/mol. The van der Waals surface area contributed by atoms with Gasteiger partial charge in [-0.05, 0) is 25.5 Å². The zero-order chi connectivity index (χ0) is 15.0. The Morgan fingerprint density at radius 2 is 2.10 bits per heavy atom. The number of nitrogens with one attached hydrogen (secondary N) is 2. The maximum atomic E-state index is 11.9. The van der Waals surface area contributed by atoms with Gasteiger partial charge < -0.3 is 20.5 Å². The lowest BCUT2D eigenvalue weighted by Gasteiger charge is -2.17. The summed E-state index contributed by atoms with van der Waals surface area (Å²) in [4.78, 5) is 11.9. The first-order valence-electron chi connectivity index (χ1n) is 6.78. The summed E-state index contributed by atoms with van der Waals surface area (Å²) < 4.78 is 4.84. The molecule has 0 aromatic heterocycles. The van der Waals surface area contributed by atoms with Crippen molar-refractivity contribution in [2.45, 2.75) is 32.4 Å². The Balaban J connectivity index is 2.33. The van der Waals surface area contributed by atoms with E-state index in [-0.39, 0.29) is 18.6 Å². The van der Waals surface area contributed by atoms with E-state index in [0.717, 1.165) is 11.3 Å². The molecule has 0 aliphatic carbocycles. The van der Waals surface area contributed by atoms with Crippen LogP contribution in [-0.4, -0.2) is 43.4 Å². The quantitative estimate of drug-likeness (QED) is 0.671. The minimum atomic E-state index is -0.554. The fraction of sp³-hybridized carbons (Fsp3) is 0.533. The van der Waals surface area contributed by atoms with Crippen LogP contribution in [-0.2, 0) is 9.53 Å². The number of aliphatic hydroxyl groups excluding tert-OH is 1. The Labute approximate surface area is 120 Å². The minimum absolute atomic E-state index is 0.00877. The van der Waals surface area contributed by atoms with Crippen LogP contribution in [0.25, 0.3) is 0 Å². The number of para-hydroxylation sites is 1. The molecule has 3 N–H and O–H groups in total. The molecule has 0 spiro atoms. The number of hydrogen-bond acceptors (Lipinski definition) is 4. The number of methoxy groups -OCH3 is 1. The number of anilines is 1. The molecule has 0 saturated carbocycles. The molecule has 0 saturated heterocycles. The first-order chi connectivity index (χ1) is 9.52. The first kappa shape index (κ1) is 16.6. The molecule has 20 heavy (non-hydrogen) atoms. The van der Waals surface area contributed by atoms with Crippen LogP contribution in [0.2, 0.25) is 0 Å². The Kier molecular flexibility index (Phi) is 7.22. The van der Waals surface area contributed by atoms with Crippen LogP contribution >= 0.6 is 0 Å². The van der Waals surface area contributed by atoms with Crippen molar-refractivity contribution < 1.29 is 14.6 Å². The minimum Gasteiger partial charge on any atom is -0.389 e. The van der Waals surface area contributed by atoms with Crippen LogP contribution < -0.4 is 10.6 Å². The third kappa shape index (κ3) is 6.14. The largest absolute Gasteiger partial charge is 0.389 e. The summed E-state index contributed by atoms with van der Waals surface area (Å²) in [5.41, 5.74) is 1.88. The number of carbonyl (C=O) groups excluding carboxylic acids is 1. The van der Waals surface area contributed by atoms with Crippen LogP contribution in [0.3, 0.4) is 0 Å². The Morgan fingerprint density at radius 1 is 1.40 bits per heavy atom. The fourth-order valence-corrected chi connectivity index (χ4v) is 1.85. The standard InChI is InChI=1S/C15H24N2O3/c1-11-6-4-5-7-14(11)17-15(19)8-12(2)16-9-13(18)10-20-3/h4-7,12-13,16,18H,8-10H2,1-3H3,(H,17,19). The lowest BCUT2D eigenvalue weighted by Crippen LogP contribution is -2.37. The van der Waals surface area contributed by atoms with Crippen LogP contribution in [0.15, 0.2) is 24.3 Å². The highest BCUT2D eigenvalue weighted by Crippen LogP contribution is 2.13. The van der Waals surface area contributed by atoms with Crippen molar-refractivity contribution in [3.05, 3.63) is 29.8 Å². The average Bonchev–Trinajstić information content (AvgIpc) is 2.39. The van der Waals surface area contributed by atoms with Gasteiger partial charge in [-0.2, -0.15) is 0 Å². The van der Waals surface area contributed by atoms with Crippen molar-refractivity contribution in [1.29, 1.82) is 0 Å². The molecular formula is C15H24N2O3. The lowest BCUT2D eigenvalue weighted by atomic mass is 10.1. The number of aryl methyl sites for hydroxylation is 1. The van der Waals surface area contributed by atoms with Crippen molar-refractivity contribution in [3.8, 4) is 0 Å². The van der Waals surface area contributed by atoms with Crippen molar-refractivity contribution >= 4 is 11.6 Å². The molecule has 0 radical (unpaired) electrons. The number of benzene rings is 1. The zero-order valence-corrected chi connectivity index (χ0v) is 12.3. The predicted octanol–water partition coefficient (Wildman–Crippen LogP) is 1.31. The number of aliphatic hydroxyl groups is 1. The van der Waals surface area contributed by atoms with Gasteiger partial charge in [-0.1, -0.05) is 18.2 Å². The smallest absolute Gasteiger partial charge is 0.225 e. The second-order valence-electron chi connectivity index (χ2n) is 4.99. The molecule has 0 fully saturated rings. The molecule has 112 valence electrons. The van der Waals surface area contributed by atoms with E-state index in [2.05, 4.69) is 10.6 Å². The summed E-state index contributed by atoms with van der Waals surface area (Å²) in [6.07, 6.45) is -0.199. The van der Waals surface area contributed by atoms with Crippen molar-refractivity contribution in [2.75, 3.05) is 25.6 Å².